The Morgan fingerprint density at radius 1 is 0.811 bits per heavy atom. The van der Waals surface area contributed by atoms with Crippen molar-refractivity contribution in [2.45, 2.75) is 59.7 Å². The lowest BCUT2D eigenvalue weighted by atomic mass is 10.0. The minimum absolute atomic E-state index is 0.0472. The molecule has 1 atom stereocenters. The number of hydrogen-bond donors (Lipinski definition) is 6. The quantitative estimate of drug-likeness (QED) is 0.0124. The number of nitrogens with one attached hydrogen (secondary N) is 5. The fourth-order valence-corrected chi connectivity index (χ4v) is 8.81. The van der Waals surface area contributed by atoms with Gasteiger partial charge in [-0.25, -0.2) is 23.2 Å². The van der Waals surface area contributed by atoms with Crippen LogP contribution in [0, 0.1) is 19.8 Å². The summed E-state index contributed by atoms with van der Waals surface area (Å²) in [6.45, 7) is 9.23. The summed E-state index contributed by atoms with van der Waals surface area (Å²) >= 11 is 0. The molecule has 7 rings (SSSR count). The van der Waals surface area contributed by atoms with E-state index in [9.17, 15) is 36.9 Å². The van der Waals surface area contributed by atoms with Gasteiger partial charge in [-0.2, -0.15) is 9.55 Å². The number of nitrogens with two attached hydrogens (primary N) is 1. The Morgan fingerprint density at radius 3 is 2.05 bits per heavy atom. The molecule has 0 bridgehead atoms. The second-order valence-corrected chi connectivity index (χ2v) is 19.4. The molecule has 7 aromatic rings. The zero-order valence-corrected chi connectivity index (χ0v) is 42.2. The van der Waals surface area contributed by atoms with Crippen LogP contribution in [0.1, 0.15) is 74.6 Å². The first-order valence-electron chi connectivity index (χ1n) is 23.9. The largest absolute Gasteiger partial charge is 0.748 e. The molecule has 74 heavy (non-hydrogen) atoms. The summed E-state index contributed by atoms with van der Waals surface area (Å²) in [7, 11) is -4.40. The number of aromatic amines is 1. The van der Waals surface area contributed by atoms with Crippen LogP contribution < -0.4 is 41.9 Å². The van der Waals surface area contributed by atoms with Gasteiger partial charge in [0.15, 0.2) is 17.7 Å². The van der Waals surface area contributed by atoms with Gasteiger partial charge in [-0.3, -0.25) is 24.2 Å². The Morgan fingerprint density at radius 2 is 1.43 bits per heavy atom. The fourth-order valence-electron chi connectivity index (χ4n) is 8.33. The molecule has 21 nitrogen and oxygen atoms in total. The van der Waals surface area contributed by atoms with Crippen LogP contribution in [-0.2, 0) is 37.5 Å². The zero-order valence-electron chi connectivity index (χ0n) is 41.4. The molecular formula is C52H58N10O11S. The van der Waals surface area contributed by atoms with Crippen molar-refractivity contribution in [1.82, 2.24) is 35.9 Å². The SMILES string of the molecule is Cc1cc(C(=O)NCCOCCOCCNC(=O)C(CC(C)C)NC(=O)c2ccc(NCc3cnc4nc(N)[nH]c(=O)c4n3)cc2)cc(C)c1OC(=O)c1c2ccccc2[n+](CCCS(=O)(=O)[O-])c2ccccc12. The van der Waals surface area contributed by atoms with E-state index < -0.39 is 39.3 Å². The number of rotatable bonds is 24. The normalized spacial score (nSPS) is 12.0. The highest BCUT2D eigenvalue weighted by molar-refractivity contribution is 7.85. The third-order valence-corrected chi connectivity index (χ3v) is 12.5. The van der Waals surface area contributed by atoms with E-state index in [1.807, 2.05) is 42.7 Å². The van der Waals surface area contributed by atoms with Gasteiger partial charge in [-0.1, -0.05) is 38.1 Å². The monoisotopic (exact) mass is 1030 g/mol. The van der Waals surface area contributed by atoms with Crippen LogP contribution in [0.5, 0.6) is 5.75 Å². The molecule has 4 aromatic carbocycles. The van der Waals surface area contributed by atoms with Gasteiger partial charge in [0.25, 0.3) is 17.4 Å². The van der Waals surface area contributed by atoms with Gasteiger partial charge in [0, 0.05) is 54.2 Å². The number of amides is 3. The van der Waals surface area contributed by atoms with Gasteiger partial charge in [-0.05, 0) is 85.8 Å². The first-order valence-corrected chi connectivity index (χ1v) is 25.5. The number of carbonyl (C=O) groups excluding carboxylic acids is 4. The number of hydrogen-bond acceptors (Lipinski definition) is 16. The van der Waals surface area contributed by atoms with Crippen LogP contribution in [0.25, 0.3) is 33.0 Å². The minimum atomic E-state index is -4.40. The lowest BCUT2D eigenvalue weighted by molar-refractivity contribution is -0.645. The van der Waals surface area contributed by atoms with E-state index in [4.69, 9.17) is 19.9 Å². The van der Waals surface area contributed by atoms with Gasteiger partial charge in [0.05, 0.1) is 71.3 Å². The Bertz CT molecular complexity index is 3290. The number of para-hydroxylation sites is 2. The predicted octanol–water partition coefficient (Wildman–Crippen LogP) is 4.00. The summed E-state index contributed by atoms with van der Waals surface area (Å²) < 4.78 is 53.3. The molecular weight excluding hydrogens is 973 g/mol. The zero-order chi connectivity index (χ0) is 52.9. The van der Waals surface area contributed by atoms with Crippen molar-refractivity contribution >= 4 is 78.4 Å². The van der Waals surface area contributed by atoms with E-state index in [0.717, 1.165) is 0 Å². The molecule has 0 aliphatic rings. The van der Waals surface area contributed by atoms with E-state index in [0.29, 0.717) is 73.2 Å². The lowest BCUT2D eigenvalue weighted by Crippen LogP contribution is -2.48. The lowest BCUT2D eigenvalue weighted by Gasteiger charge is -2.20. The van der Waals surface area contributed by atoms with Crippen LogP contribution in [0.3, 0.4) is 0 Å². The van der Waals surface area contributed by atoms with Crippen LogP contribution in [-0.4, -0.2) is 108 Å². The average Bonchev–Trinajstić information content (AvgIpc) is 3.36. The van der Waals surface area contributed by atoms with Crippen molar-refractivity contribution in [3.63, 3.8) is 0 Å². The highest BCUT2D eigenvalue weighted by Crippen LogP contribution is 2.30. The molecule has 0 saturated heterocycles. The van der Waals surface area contributed by atoms with Crippen LogP contribution in [0.15, 0.2) is 95.9 Å². The van der Waals surface area contributed by atoms with E-state index in [2.05, 4.69) is 41.2 Å². The maximum Gasteiger partial charge on any atom is 0.345 e. The number of nitrogens with zero attached hydrogens (tertiary/aromatic N) is 4. The molecule has 0 aliphatic heterocycles. The molecule has 0 radical (unpaired) electrons. The van der Waals surface area contributed by atoms with E-state index in [1.165, 1.54) is 6.20 Å². The molecule has 3 amide bonds. The molecule has 3 heterocycles. The maximum atomic E-state index is 14.1. The summed E-state index contributed by atoms with van der Waals surface area (Å²) in [5, 5.41) is 12.9. The first-order chi connectivity index (χ1) is 35.4. The van der Waals surface area contributed by atoms with E-state index >= 15 is 0 Å². The van der Waals surface area contributed by atoms with Crippen molar-refractivity contribution in [3.05, 3.63) is 135 Å². The van der Waals surface area contributed by atoms with Crippen molar-refractivity contribution in [1.29, 1.82) is 0 Å². The first kappa shape index (κ1) is 53.9. The van der Waals surface area contributed by atoms with Gasteiger partial charge >= 0.3 is 5.97 Å². The number of benzene rings is 4. The number of ether oxygens (including phenoxy) is 3. The van der Waals surface area contributed by atoms with E-state index in [-0.39, 0.29) is 93.9 Å². The van der Waals surface area contributed by atoms with Crippen molar-refractivity contribution < 1.29 is 50.9 Å². The standard InChI is InChI=1S/C52H58N10O11S/c1-31(2)26-40(59-48(64)34-14-16-36(17-15-34)56-29-37-30-57-46-44(58-37)50(66)61-52(53)60-46)49(65)55-19-22-72-24-23-71-21-18-54-47(63)35-27-32(3)45(33(4)28-35)73-51(67)43-38-10-5-7-12-41(38)62(20-9-25-74(68,69)70)42-13-8-6-11-39(42)43/h5-8,10-17,27-28,30-31,40H,9,18-26,29H2,1-4H3,(H7-,53,54,55,56,57,59,60,61,63,64,65,66,68,69,70). The Labute approximate surface area is 426 Å². The molecule has 0 fully saturated rings. The van der Waals surface area contributed by atoms with Gasteiger partial charge in [0.2, 0.25) is 22.9 Å². The summed E-state index contributed by atoms with van der Waals surface area (Å²) in [5.41, 5.74) is 10.0. The topological polar surface area (TPSA) is 303 Å². The average molecular weight is 1030 g/mol. The maximum absolute atomic E-state index is 14.1. The molecule has 0 spiro atoms. The number of aryl methyl sites for hydroxylation is 3. The fraction of sp³-hybridized carbons (Fsp3) is 0.327. The number of carbonyl (C=O) groups is 4. The predicted molar refractivity (Wildman–Crippen MR) is 276 cm³/mol. The van der Waals surface area contributed by atoms with Crippen LogP contribution in [0.4, 0.5) is 11.6 Å². The molecule has 0 aliphatic carbocycles. The highest BCUT2D eigenvalue weighted by atomic mass is 32.2. The molecule has 388 valence electrons. The van der Waals surface area contributed by atoms with Crippen molar-refractivity contribution in [2.75, 3.05) is 56.3 Å². The van der Waals surface area contributed by atoms with Gasteiger partial charge in [-0.15, -0.1) is 0 Å². The van der Waals surface area contributed by atoms with Gasteiger partial charge < -0.3 is 45.8 Å². The second kappa shape index (κ2) is 24.7. The van der Waals surface area contributed by atoms with E-state index in [1.54, 1.807) is 74.5 Å². The number of esters is 1. The third kappa shape index (κ3) is 14.2. The van der Waals surface area contributed by atoms with Crippen molar-refractivity contribution in [3.8, 4) is 5.75 Å². The number of fused-ring (bicyclic) bond motifs is 3. The Balaban J connectivity index is 0.812. The molecule has 1 unspecified atom stereocenters. The molecule has 0 saturated carbocycles. The second-order valence-electron chi connectivity index (χ2n) is 17.8. The molecule has 7 N–H and O–H groups in total. The molecule has 22 heteroatoms. The smallest absolute Gasteiger partial charge is 0.345 e. The Hall–Kier alpha value is -7.92. The summed E-state index contributed by atoms with van der Waals surface area (Å²) in [6, 6.07) is 23.7. The summed E-state index contributed by atoms with van der Waals surface area (Å²) in [5.74, 6) is -1.83. The van der Waals surface area contributed by atoms with Crippen LogP contribution >= 0.6 is 0 Å². The molecule has 3 aromatic heterocycles. The van der Waals surface area contributed by atoms with Crippen LogP contribution in [0.2, 0.25) is 0 Å². The van der Waals surface area contributed by atoms with Gasteiger partial charge in [0.1, 0.15) is 11.8 Å². The summed E-state index contributed by atoms with van der Waals surface area (Å²) in [4.78, 5) is 80.6. The number of H-pyrrole nitrogens is 1. The summed E-state index contributed by atoms with van der Waals surface area (Å²) in [6.07, 6.45) is 2.01. The third-order valence-electron chi connectivity index (χ3n) is 11.7. The Kier molecular flexibility index (Phi) is 18.0. The van der Waals surface area contributed by atoms with Crippen molar-refractivity contribution in [2.24, 2.45) is 5.92 Å². The highest BCUT2D eigenvalue weighted by Gasteiger charge is 2.27. The number of aromatic nitrogens is 5. The minimum Gasteiger partial charge on any atom is -0.748 e. The number of anilines is 2. The number of pyridine rings is 1. The number of nitrogen functional groups attached to an aromatic ring is 1.